The number of anilines is 1. The standard InChI is InChI=1S/C26H26Cl2N2OS/c1-16-6-8-20(14-17(16)2)29-25(32)23(24(31)21-15-19(27)7-9-22(21)28)30-12-10-18(11-13-30)26(3,4)5/h6-15H,1-5H3,(H-,29,31,32)/p+1. The van der Waals surface area contributed by atoms with Crippen LogP contribution in [0.5, 0.6) is 0 Å². The molecule has 0 saturated heterocycles. The zero-order valence-corrected chi connectivity index (χ0v) is 21.2. The molecular formula is C26H27Cl2N2OS+. The number of hydrogen-bond acceptors (Lipinski definition) is 2. The minimum atomic E-state index is -0.0626. The summed E-state index contributed by atoms with van der Waals surface area (Å²) in [6.45, 7) is 10.6. The van der Waals surface area contributed by atoms with Crippen molar-refractivity contribution in [3.8, 4) is 0 Å². The molecule has 3 aromatic rings. The molecule has 0 atom stereocenters. The molecule has 0 fully saturated rings. The Kier molecular flexibility index (Phi) is 7.29. The highest BCUT2D eigenvalue weighted by Crippen LogP contribution is 2.29. The van der Waals surface area contributed by atoms with Crippen molar-refractivity contribution >= 4 is 57.6 Å². The minimum Gasteiger partial charge on any atom is -0.502 e. The average Bonchev–Trinajstić information content (AvgIpc) is 2.72. The smallest absolute Gasteiger partial charge is 0.288 e. The van der Waals surface area contributed by atoms with Crippen LogP contribution in [-0.4, -0.2) is 10.1 Å². The maximum absolute atomic E-state index is 11.3. The number of rotatable bonds is 4. The summed E-state index contributed by atoms with van der Waals surface area (Å²) < 4.78 is 1.79. The summed E-state index contributed by atoms with van der Waals surface area (Å²) in [5, 5.41) is 15.4. The molecule has 0 aliphatic carbocycles. The van der Waals surface area contributed by atoms with Crippen LogP contribution < -0.4 is 9.88 Å². The van der Waals surface area contributed by atoms with Crippen LogP contribution in [0.25, 0.3) is 11.5 Å². The predicted octanol–water partition coefficient (Wildman–Crippen LogP) is 7.52. The van der Waals surface area contributed by atoms with Gasteiger partial charge in [-0.15, -0.1) is 0 Å². The lowest BCUT2D eigenvalue weighted by atomic mass is 9.88. The van der Waals surface area contributed by atoms with E-state index in [1.54, 1.807) is 22.8 Å². The largest absolute Gasteiger partial charge is 0.502 e. The number of aliphatic hydroxyl groups is 1. The molecule has 32 heavy (non-hydrogen) atoms. The summed E-state index contributed by atoms with van der Waals surface area (Å²) in [5.74, 6) is -0.0626. The summed E-state index contributed by atoms with van der Waals surface area (Å²) in [6, 6.07) is 15.0. The molecule has 0 bridgehead atoms. The predicted molar refractivity (Wildman–Crippen MR) is 140 cm³/mol. The van der Waals surface area contributed by atoms with Crippen LogP contribution in [0.15, 0.2) is 60.9 Å². The van der Waals surface area contributed by atoms with Gasteiger partial charge in [-0.3, -0.25) is 0 Å². The van der Waals surface area contributed by atoms with Crippen LogP contribution in [0.1, 0.15) is 43.0 Å². The molecule has 0 aliphatic rings. The Bertz CT molecular complexity index is 1200. The van der Waals surface area contributed by atoms with E-state index < -0.39 is 0 Å². The highest BCUT2D eigenvalue weighted by molar-refractivity contribution is 7.81. The molecular weight excluding hydrogens is 459 g/mol. The summed E-state index contributed by atoms with van der Waals surface area (Å²) in [5.41, 5.74) is 5.16. The first-order valence-electron chi connectivity index (χ1n) is 10.3. The van der Waals surface area contributed by atoms with Gasteiger partial charge in [-0.2, -0.15) is 4.57 Å². The van der Waals surface area contributed by atoms with Crippen molar-refractivity contribution in [3.05, 3.63) is 93.2 Å². The minimum absolute atomic E-state index is 0.000536. The Morgan fingerprint density at radius 1 is 0.938 bits per heavy atom. The number of aryl methyl sites for hydroxylation is 2. The molecule has 1 heterocycles. The highest BCUT2D eigenvalue weighted by atomic mass is 35.5. The normalized spacial score (nSPS) is 12.3. The van der Waals surface area contributed by atoms with Crippen LogP contribution >= 0.6 is 35.4 Å². The number of hydrogen-bond donors (Lipinski definition) is 2. The maximum atomic E-state index is 11.3. The average molecular weight is 486 g/mol. The Morgan fingerprint density at radius 2 is 1.59 bits per heavy atom. The number of pyridine rings is 1. The molecule has 0 unspecified atom stereocenters. The van der Waals surface area contributed by atoms with Gasteiger partial charge in [0, 0.05) is 28.4 Å². The Labute approximate surface area is 205 Å². The van der Waals surface area contributed by atoms with Gasteiger partial charge >= 0.3 is 0 Å². The van der Waals surface area contributed by atoms with E-state index in [2.05, 4.69) is 33.0 Å². The monoisotopic (exact) mass is 485 g/mol. The molecule has 2 N–H and O–H groups in total. The summed E-state index contributed by atoms with van der Waals surface area (Å²) >= 11 is 18.3. The van der Waals surface area contributed by atoms with Crippen LogP contribution in [0.2, 0.25) is 10.0 Å². The van der Waals surface area contributed by atoms with E-state index in [-0.39, 0.29) is 11.2 Å². The molecule has 0 spiro atoms. The molecule has 1 aromatic heterocycles. The van der Waals surface area contributed by atoms with Crippen LogP contribution in [-0.2, 0) is 5.41 Å². The molecule has 3 nitrogen and oxygen atoms in total. The van der Waals surface area contributed by atoms with Gasteiger partial charge < -0.3 is 10.4 Å². The molecule has 0 aliphatic heterocycles. The van der Waals surface area contributed by atoms with Crippen LogP contribution in [0.3, 0.4) is 0 Å². The van der Waals surface area contributed by atoms with Crippen LogP contribution in [0, 0.1) is 13.8 Å². The van der Waals surface area contributed by atoms with E-state index in [0.29, 0.717) is 26.3 Å². The first-order valence-corrected chi connectivity index (χ1v) is 11.4. The van der Waals surface area contributed by atoms with Crippen molar-refractivity contribution in [2.45, 2.75) is 40.0 Å². The highest BCUT2D eigenvalue weighted by Gasteiger charge is 2.26. The number of nitrogens with one attached hydrogen (secondary N) is 1. The Balaban J connectivity index is 2.13. The van der Waals surface area contributed by atoms with Gasteiger partial charge in [0.2, 0.25) is 5.76 Å². The van der Waals surface area contributed by atoms with Gasteiger partial charge in [0.15, 0.2) is 17.4 Å². The molecule has 2 aromatic carbocycles. The molecule has 3 rings (SSSR count). The molecule has 6 heteroatoms. The third-order valence-corrected chi connectivity index (χ3v) is 6.20. The third-order valence-electron chi connectivity index (χ3n) is 5.34. The van der Waals surface area contributed by atoms with E-state index in [1.807, 2.05) is 49.6 Å². The van der Waals surface area contributed by atoms with Crippen molar-refractivity contribution in [1.29, 1.82) is 0 Å². The Hall–Kier alpha value is -2.40. The van der Waals surface area contributed by atoms with Gasteiger partial charge in [0.1, 0.15) is 0 Å². The molecule has 0 radical (unpaired) electrons. The van der Waals surface area contributed by atoms with Crippen LogP contribution in [0.4, 0.5) is 5.69 Å². The van der Waals surface area contributed by atoms with Gasteiger partial charge in [0.05, 0.1) is 5.02 Å². The fourth-order valence-electron chi connectivity index (χ4n) is 3.24. The van der Waals surface area contributed by atoms with Gasteiger partial charge in [-0.25, -0.2) is 0 Å². The fourth-order valence-corrected chi connectivity index (χ4v) is 3.94. The Morgan fingerprint density at radius 3 is 2.19 bits per heavy atom. The fraction of sp³-hybridized carbons (Fsp3) is 0.231. The van der Waals surface area contributed by atoms with E-state index >= 15 is 0 Å². The van der Waals surface area contributed by atoms with Crippen molar-refractivity contribution in [2.24, 2.45) is 0 Å². The van der Waals surface area contributed by atoms with E-state index in [9.17, 15) is 5.11 Å². The van der Waals surface area contributed by atoms with Gasteiger partial charge in [-0.1, -0.05) is 62.3 Å². The quantitative estimate of drug-likeness (QED) is 0.173. The number of nitrogens with zero attached hydrogens (tertiary/aromatic N) is 1. The number of thiocarbonyl (C=S) groups is 1. The van der Waals surface area contributed by atoms with E-state index in [0.717, 1.165) is 11.3 Å². The third kappa shape index (κ3) is 5.50. The number of halogens is 2. The van der Waals surface area contributed by atoms with E-state index in [4.69, 9.17) is 35.4 Å². The van der Waals surface area contributed by atoms with Crippen molar-refractivity contribution in [3.63, 3.8) is 0 Å². The second kappa shape index (κ2) is 9.62. The summed E-state index contributed by atoms with van der Waals surface area (Å²) in [6.07, 6.45) is 3.78. The zero-order valence-electron chi connectivity index (χ0n) is 18.8. The second-order valence-corrected chi connectivity index (χ2v) is 10.1. The lowest BCUT2D eigenvalue weighted by molar-refractivity contribution is -0.575. The summed E-state index contributed by atoms with van der Waals surface area (Å²) in [4.78, 5) is 0.357. The van der Waals surface area contributed by atoms with E-state index in [1.165, 1.54) is 11.1 Å². The topological polar surface area (TPSA) is 36.1 Å². The number of aromatic nitrogens is 1. The van der Waals surface area contributed by atoms with Gasteiger partial charge in [0.25, 0.3) is 5.70 Å². The number of benzene rings is 2. The molecule has 166 valence electrons. The maximum Gasteiger partial charge on any atom is 0.288 e. The lowest BCUT2D eigenvalue weighted by Crippen LogP contribution is -2.39. The van der Waals surface area contributed by atoms with Crippen molar-refractivity contribution in [2.75, 3.05) is 5.32 Å². The molecule has 0 saturated carbocycles. The first kappa shape index (κ1) is 24.2. The first-order chi connectivity index (χ1) is 15.0. The van der Waals surface area contributed by atoms with Gasteiger partial charge in [-0.05, 0) is 66.3 Å². The SMILES string of the molecule is Cc1ccc(NC(=S)/C(=C(/O)c2cc(Cl)ccc2Cl)[n+]2ccc(C(C)(C)C)cc2)cc1C. The van der Waals surface area contributed by atoms with Crippen molar-refractivity contribution in [1.82, 2.24) is 0 Å². The molecule has 0 amide bonds. The second-order valence-electron chi connectivity index (χ2n) is 8.82. The van der Waals surface area contributed by atoms with Crippen molar-refractivity contribution < 1.29 is 9.67 Å². The zero-order chi connectivity index (χ0) is 23.6. The number of aliphatic hydroxyl groups excluding tert-OH is 1. The summed E-state index contributed by atoms with van der Waals surface area (Å²) in [7, 11) is 0. The lowest BCUT2D eigenvalue weighted by Gasteiger charge is -2.18.